The van der Waals surface area contributed by atoms with Crippen molar-refractivity contribution in [2.24, 2.45) is 0 Å². The van der Waals surface area contributed by atoms with E-state index in [0.717, 1.165) is 0 Å². The quantitative estimate of drug-likeness (QED) is 0.592. The Labute approximate surface area is 175 Å². The van der Waals surface area contributed by atoms with E-state index in [9.17, 15) is 22.8 Å². The van der Waals surface area contributed by atoms with Crippen LogP contribution in [0.1, 0.15) is 46.5 Å². The van der Waals surface area contributed by atoms with Crippen LogP contribution in [0, 0.1) is 0 Å². The fourth-order valence-electron chi connectivity index (χ4n) is 3.93. The molecule has 3 heterocycles. The molecule has 3 rings (SSSR count). The number of rotatable bonds is 4. The normalized spacial score (nSPS) is 25.5. The highest BCUT2D eigenvalue weighted by molar-refractivity contribution is 7.80. The molecule has 0 aliphatic carbocycles. The Bertz CT molecular complexity index is 803. The van der Waals surface area contributed by atoms with E-state index in [2.05, 4.69) is 9.60 Å². The number of hydrogen-bond acceptors (Lipinski definition) is 7. The molecular weight excluding hydrogens is 420 g/mol. The molecule has 0 aromatic rings. The van der Waals surface area contributed by atoms with Crippen LogP contribution < -0.4 is 5.32 Å². The van der Waals surface area contributed by atoms with Crippen molar-refractivity contribution in [1.82, 2.24) is 20.2 Å². The van der Waals surface area contributed by atoms with Crippen LogP contribution in [0.25, 0.3) is 0 Å². The molecule has 2 atom stereocenters. The van der Waals surface area contributed by atoms with Crippen LogP contribution in [-0.4, -0.2) is 89.2 Å². The molecule has 0 spiro atoms. The summed E-state index contributed by atoms with van der Waals surface area (Å²) in [5.74, 6) is -0.328. The number of urea groups is 1. The van der Waals surface area contributed by atoms with Gasteiger partial charge in [-0.1, -0.05) is 0 Å². The summed E-state index contributed by atoms with van der Waals surface area (Å²) in [6, 6.07) is -2.19. The molecule has 0 radical (unpaired) electrons. The lowest BCUT2D eigenvalue weighted by Crippen LogP contribution is -2.54. The van der Waals surface area contributed by atoms with Gasteiger partial charge in [-0.2, -0.15) is 13.5 Å². The molecule has 0 unspecified atom stereocenters. The highest BCUT2D eigenvalue weighted by Crippen LogP contribution is 2.31. The second-order valence-electron chi connectivity index (χ2n) is 8.76. The standard InChI is InChI=1S/C17H28N4O8S/c1-17(2,3)28-16(24)19-8-6-11(7-9-19)18-14(22)13-5-4-12-10-20(13)15(23)21(12)29-30(25,26)27/h11-13H,4-10H2,1-3H3,(H,18,22)(H,25,26,27)/t12-,13-/m0/s1. The monoisotopic (exact) mass is 448 g/mol. The maximum atomic E-state index is 12.8. The van der Waals surface area contributed by atoms with Crippen molar-refractivity contribution in [2.45, 2.75) is 70.2 Å². The molecular formula is C17H28N4O8S. The highest BCUT2D eigenvalue weighted by Gasteiger charge is 2.49. The molecule has 170 valence electrons. The van der Waals surface area contributed by atoms with Crippen LogP contribution in [0.3, 0.4) is 0 Å². The minimum Gasteiger partial charge on any atom is -0.444 e. The van der Waals surface area contributed by atoms with E-state index in [4.69, 9.17) is 9.29 Å². The van der Waals surface area contributed by atoms with E-state index < -0.39 is 34.1 Å². The molecule has 4 amide bonds. The van der Waals surface area contributed by atoms with Crippen molar-refractivity contribution in [1.29, 1.82) is 0 Å². The zero-order valence-corrected chi connectivity index (χ0v) is 18.1. The lowest BCUT2D eigenvalue weighted by atomic mass is 9.99. The van der Waals surface area contributed by atoms with Crippen LogP contribution in [0.2, 0.25) is 0 Å². The van der Waals surface area contributed by atoms with E-state index >= 15 is 0 Å². The molecule has 3 aliphatic heterocycles. The van der Waals surface area contributed by atoms with Gasteiger partial charge in [0.05, 0.1) is 6.04 Å². The molecule has 30 heavy (non-hydrogen) atoms. The van der Waals surface area contributed by atoms with Gasteiger partial charge in [0.2, 0.25) is 5.91 Å². The zero-order valence-electron chi connectivity index (χ0n) is 17.2. The topological polar surface area (TPSA) is 146 Å². The number of fused-ring (bicyclic) bond motifs is 2. The van der Waals surface area contributed by atoms with Gasteiger partial charge in [-0.15, -0.1) is 4.28 Å². The first-order valence-corrected chi connectivity index (χ1v) is 11.3. The van der Waals surface area contributed by atoms with E-state index in [1.165, 1.54) is 4.90 Å². The molecule has 3 saturated heterocycles. The van der Waals surface area contributed by atoms with Gasteiger partial charge in [0, 0.05) is 25.7 Å². The molecule has 0 aromatic carbocycles. The number of nitrogens with zero attached hydrogens (tertiary/aromatic N) is 3. The first-order valence-electron chi connectivity index (χ1n) is 9.89. The number of piperidine rings is 2. The number of nitrogens with one attached hydrogen (secondary N) is 1. The van der Waals surface area contributed by atoms with Gasteiger partial charge in [0.1, 0.15) is 11.6 Å². The fourth-order valence-corrected chi connectivity index (χ4v) is 4.32. The van der Waals surface area contributed by atoms with E-state index in [1.807, 2.05) is 0 Å². The Hall–Kier alpha value is -2.12. The molecule has 0 saturated carbocycles. The zero-order chi connectivity index (χ0) is 22.3. The van der Waals surface area contributed by atoms with Crippen molar-refractivity contribution in [3.8, 4) is 0 Å². The third kappa shape index (κ3) is 5.32. The Morgan fingerprint density at radius 3 is 2.33 bits per heavy atom. The van der Waals surface area contributed by atoms with Crippen LogP contribution >= 0.6 is 0 Å². The number of hydrogen-bond donors (Lipinski definition) is 2. The van der Waals surface area contributed by atoms with Crippen LogP contribution in [-0.2, 0) is 24.2 Å². The third-order valence-electron chi connectivity index (χ3n) is 5.29. The Balaban J connectivity index is 1.52. The van der Waals surface area contributed by atoms with Gasteiger partial charge in [0.15, 0.2) is 0 Å². The van der Waals surface area contributed by atoms with Crippen molar-refractivity contribution >= 4 is 28.4 Å². The average Bonchev–Trinajstić information content (AvgIpc) is 2.84. The van der Waals surface area contributed by atoms with Gasteiger partial charge in [0.25, 0.3) is 0 Å². The van der Waals surface area contributed by atoms with Crippen molar-refractivity contribution in [3.63, 3.8) is 0 Å². The summed E-state index contributed by atoms with van der Waals surface area (Å²) in [5.41, 5.74) is -0.573. The third-order valence-corrected chi connectivity index (χ3v) is 5.64. The number of carbonyl (C=O) groups excluding carboxylic acids is 3. The van der Waals surface area contributed by atoms with Gasteiger partial charge in [-0.05, 0) is 46.5 Å². The highest BCUT2D eigenvalue weighted by atomic mass is 32.3. The second kappa shape index (κ2) is 8.19. The summed E-state index contributed by atoms with van der Waals surface area (Å²) in [6.07, 6.45) is 1.46. The first-order chi connectivity index (χ1) is 13.8. The van der Waals surface area contributed by atoms with Gasteiger partial charge >= 0.3 is 22.5 Å². The smallest absolute Gasteiger partial charge is 0.418 e. The molecule has 12 nitrogen and oxygen atoms in total. The van der Waals surface area contributed by atoms with Gasteiger partial charge in [-0.25, -0.2) is 9.59 Å². The molecule has 2 bridgehead atoms. The molecule has 0 aromatic heterocycles. The average molecular weight is 448 g/mol. The second-order valence-corrected chi connectivity index (χ2v) is 9.76. The number of carbonyl (C=O) groups is 3. The lowest BCUT2D eigenvalue weighted by Gasteiger charge is -2.35. The van der Waals surface area contributed by atoms with Crippen LogP contribution in [0.5, 0.6) is 0 Å². The number of amides is 4. The largest absolute Gasteiger partial charge is 0.444 e. The van der Waals surface area contributed by atoms with E-state index in [0.29, 0.717) is 43.8 Å². The Morgan fingerprint density at radius 2 is 1.77 bits per heavy atom. The molecule has 3 aliphatic rings. The van der Waals surface area contributed by atoms with E-state index in [1.54, 1.807) is 25.7 Å². The predicted molar refractivity (Wildman–Crippen MR) is 102 cm³/mol. The predicted octanol–water partition coefficient (Wildman–Crippen LogP) is 0.505. The van der Waals surface area contributed by atoms with Crippen molar-refractivity contribution in [2.75, 3.05) is 19.6 Å². The van der Waals surface area contributed by atoms with Crippen LogP contribution in [0.4, 0.5) is 9.59 Å². The SMILES string of the molecule is CC(C)(C)OC(=O)N1CCC(NC(=O)[C@@H]2CC[C@H]3CN2C(=O)N3OS(=O)(=O)O)CC1. The minimum atomic E-state index is -4.83. The molecule has 2 N–H and O–H groups in total. The number of hydroxylamine groups is 2. The summed E-state index contributed by atoms with van der Waals surface area (Å²) in [6.45, 7) is 6.44. The maximum absolute atomic E-state index is 12.8. The minimum absolute atomic E-state index is 0.142. The molecule has 13 heteroatoms. The fraction of sp³-hybridized carbons (Fsp3) is 0.824. The van der Waals surface area contributed by atoms with Gasteiger partial charge < -0.3 is 19.9 Å². The Kier molecular flexibility index (Phi) is 6.16. The van der Waals surface area contributed by atoms with E-state index in [-0.39, 0.29) is 24.6 Å². The number of ether oxygens (including phenoxy) is 1. The summed E-state index contributed by atoms with van der Waals surface area (Å²) in [5, 5.41) is 3.54. The summed E-state index contributed by atoms with van der Waals surface area (Å²) in [7, 11) is -4.83. The van der Waals surface area contributed by atoms with Crippen molar-refractivity contribution < 1.29 is 36.4 Å². The Morgan fingerprint density at radius 1 is 1.13 bits per heavy atom. The molecule has 3 fully saturated rings. The number of likely N-dealkylation sites (tertiary alicyclic amines) is 1. The summed E-state index contributed by atoms with van der Waals surface area (Å²) in [4.78, 5) is 40.2. The summed E-state index contributed by atoms with van der Waals surface area (Å²) < 4.78 is 40.5. The maximum Gasteiger partial charge on any atom is 0.418 e. The summed E-state index contributed by atoms with van der Waals surface area (Å²) >= 11 is 0. The first kappa shape index (κ1) is 22.6. The van der Waals surface area contributed by atoms with Crippen LogP contribution in [0.15, 0.2) is 0 Å². The lowest BCUT2D eigenvalue weighted by molar-refractivity contribution is -0.127. The van der Waals surface area contributed by atoms with Crippen molar-refractivity contribution in [3.05, 3.63) is 0 Å². The van der Waals surface area contributed by atoms with Gasteiger partial charge in [-0.3, -0.25) is 9.35 Å².